The van der Waals surface area contributed by atoms with Gasteiger partial charge < -0.3 is 4.90 Å². The van der Waals surface area contributed by atoms with Crippen LogP contribution in [0.5, 0.6) is 0 Å². The van der Waals surface area contributed by atoms with Gasteiger partial charge in [0.05, 0.1) is 0 Å². The molecule has 0 spiro atoms. The van der Waals surface area contributed by atoms with Crippen LogP contribution in [-0.4, -0.2) is 27.4 Å². The molecule has 0 bridgehead atoms. The topological polar surface area (TPSA) is 36.9 Å². The molecule has 2 rings (SSSR count). The Morgan fingerprint density at radius 3 is 2.69 bits per heavy atom. The molecule has 1 fully saturated rings. The number of aromatic amines is 1. The minimum Gasteiger partial charge on any atom is -0.339 e. The molecular formula is C11H20N4S. The molecule has 1 heterocycles. The lowest BCUT2D eigenvalue weighted by atomic mass is 10.0. The van der Waals surface area contributed by atoms with Crippen molar-refractivity contribution in [3.8, 4) is 0 Å². The first-order valence-electron chi connectivity index (χ1n) is 5.88. The maximum atomic E-state index is 5.29. The molecule has 1 saturated carbocycles. The van der Waals surface area contributed by atoms with E-state index in [2.05, 4.69) is 47.5 Å². The predicted octanol–water partition coefficient (Wildman–Crippen LogP) is 2.90. The van der Waals surface area contributed by atoms with Gasteiger partial charge in [-0.15, -0.1) is 5.10 Å². The van der Waals surface area contributed by atoms with Crippen molar-refractivity contribution >= 4 is 18.2 Å². The highest BCUT2D eigenvalue weighted by Crippen LogP contribution is 2.38. The first-order valence-corrected chi connectivity index (χ1v) is 6.29. The molecule has 0 saturated heterocycles. The third-order valence-electron chi connectivity index (χ3n) is 3.67. The Morgan fingerprint density at radius 1 is 1.56 bits per heavy atom. The summed E-state index contributed by atoms with van der Waals surface area (Å²) in [4.78, 5) is 2.22. The molecule has 4 nitrogen and oxygen atoms in total. The van der Waals surface area contributed by atoms with Gasteiger partial charge in [0.2, 0.25) is 5.95 Å². The summed E-state index contributed by atoms with van der Waals surface area (Å²) in [6.07, 6.45) is 3.52. The van der Waals surface area contributed by atoms with E-state index in [9.17, 15) is 0 Å². The molecule has 1 N–H and O–H groups in total. The van der Waals surface area contributed by atoms with Crippen molar-refractivity contribution in [2.24, 2.45) is 0 Å². The average molecular weight is 240 g/mol. The van der Waals surface area contributed by atoms with E-state index in [1.54, 1.807) is 0 Å². The summed E-state index contributed by atoms with van der Waals surface area (Å²) in [5, 5.41) is 7.27. The molecule has 0 amide bonds. The Bertz CT molecular complexity index is 427. The highest BCUT2D eigenvalue weighted by Gasteiger charge is 2.32. The lowest BCUT2D eigenvalue weighted by molar-refractivity contribution is 0.455. The third-order valence-corrected chi connectivity index (χ3v) is 3.96. The van der Waals surface area contributed by atoms with Crippen molar-refractivity contribution in [3.63, 3.8) is 0 Å². The van der Waals surface area contributed by atoms with Gasteiger partial charge in [0.15, 0.2) is 4.77 Å². The van der Waals surface area contributed by atoms with Crippen LogP contribution in [0.15, 0.2) is 0 Å². The minimum absolute atomic E-state index is 0.105. The molecular weight excluding hydrogens is 220 g/mol. The zero-order chi connectivity index (χ0) is 11.9. The number of aromatic nitrogens is 3. The number of anilines is 1. The van der Waals surface area contributed by atoms with E-state index in [-0.39, 0.29) is 5.54 Å². The maximum Gasteiger partial charge on any atom is 0.226 e. The highest BCUT2D eigenvalue weighted by atomic mass is 32.1. The van der Waals surface area contributed by atoms with Gasteiger partial charge in [0.1, 0.15) is 0 Å². The van der Waals surface area contributed by atoms with Crippen molar-refractivity contribution in [2.75, 3.05) is 11.9 Å². The van der Waals surface area contributed by atoms with Crippen molar-refractivity contribution in [3.05, 3.63) is 4.77 Å². The summed E-state index contributed by atoms with van der Waals surface area (Å²) in [5.41, 5.74) is 0.105. The Hall–Kier alpha value is -0.840. The molecule has 0 aliphatic heterocycles. The molecule has 0 radical (unpaired) electrons. The van der Waals surface area contributed by atoms with Crippen molar-refractivity contribution in [1.29, 1.82) is 0 Å². The van der Waals surface area contributed by atoms with Crippen LogP contribution in [-0.2, 0) is 0 Å². The number of H-pyrrole nitrogens is 1. The van der Waals surface area contributed by atoms with E-state index in [0.717, 1.165) is 17.1 Å². The molecule has 1 aliphatic carbocycles. The third kappa shape index (κ3) is 1.88. The standard InChI is InChI=1S/C11H20N4S/c1-5-11(2,3)14(4)9-12-13-10(16)15(9)8-6-7-8/h8H,5-7H2,1-4H3,(H,13,16). The van der Waals surface area contributed by atoms with Crippen molar-refractivity contribution < 1.29 is 0 Å². The van der Waals surface area contributed by atoms with Gasteiger partial charge in [-0.05, 0) is 45.3 Å². The molecule has 90 valence electrons. The van der Waals surface area contributed by atoms with Crippen LogP contribution >= 0.6 is 12.2 Å². The number of rotatable bonds is 4. The summed E-state index contributed by atoms with van der Waals surface area (Å²) in [6, 6.07) is 0.566. The fraction of sp³-hybridized carbons (Fsp3) is 0.818. The maximum absolute atomic E-state index is 5.29. The molecule has 0 atom stereocenters. The molecule has 16 heavy (non-hydrogen) atoms. The molecule has 0 aromatic carbocycles. The lowest BCUT2D eigenvalue weighted by Gasteiger charge is -2.35. The van der Waals surface area contributed by atoms with Gasteiger partial charge in [-0.25, -0.2) is 5.10 Å². The van der Waals surface area contributed by atoms with Gasteiger partial charge in [-0.1, -0.05) is 6.92 Å². The van der Waals surface area contributed by atoms with E-state index >= 15 is 0 Å². The zero-order valence-electron chi connectivity index (χ0n) is 10.4. The van der Waals surface area contributed by atoms with E-state index in [0.29, 0.717) is 6.04 Å². The normalized spacial score (nSPS) is 16.5. The van der Waals surface area contributed by atoms with Crippen LogP contribution in [0.3, 0.4) is 0 Å². The summed E-state index contributed by atoms with van der Waals surface area (Å²) in [7, 11) is 2.09. The second-order valence-corrected chi connectivity index (χ2v) is 5.54. The predicted molar refractivity (Wildman–Crippen MR) is 68.5 cm³/mol. The number of nitrogens with zero attached hydrogens (tertiary/aromatic N) is 3. The molecule has 1 aromatic rings. The SMILES string of the molecule is CCC(C)(C)N(C)c1n[nH]c(=S)n1C1CC1. The van der Waals surface area contributed by atoms with Crippen molar-refractivity contribution in [2.45, 2.75) is 51.6 Å². The Balaban J connectivity index is 2.36. The van der Waals surface area contributed by atoms with Crippen LogP contribution in [0.25, 0.3) is 0 Å². The van der Waals surface area contributed by atoms with Gasteiger partial charge in [0, 0.05) is 18.6 Å². The fourth-order valence-corrected chi connectivity index (χ4v) is 1.98. The fourth-order valence-electron chi connectivity index (χ4n) is 1.70. The largest absolute Gasteiger partial charge is 0.339 e. The van der Waals surface area contributed by atoms with Gasteiger partial charge in [-0.2, -0.15) is 0 Å². The summed E-state index contributed by atoms with van der Waals surface area (Å²) < 4.78 is 2.91. The average Bonchev–Trinajstić information content (AvgIpc) is 3.01. The Morgan fingerprint density at radius 2 is 2.19 bits per heavy atom. The quantitative estimate of drug-likeness (QED) is 0.822. The Kier molecular flexibility index (Phi) is 2.82. The van der Waals surface area contributed by atoms with Crippen LogP contribution in [0, 0.1) is 4.77 Å². The van der Waals surface area contributed by atoms with E-state index < -0.39 is 0 Å². The van der Waals surface area contributed by atoms with E-state index in [1.165, 1.54) is 12.8 Å². The smallest absolute Gasteiger partial charge is 0.226 e. The first kappa shape index (κ1) is 11.6. The molecule has 5 heteroatoms. The number of hydrogen-bond acceptors (Lipinski definition) is 3. The van der Waals surface area contributed by atoms with Crippen LogP contribution in [0.2, 0.25) is 0 Å². The van der Waals surface area contributed by atoms with Crippen LogP contribution < -0.4 is 4.90 Å². The first-order chi connectivity index (χ1) is 7.47. The summed E-state index contributed by atoms with van der Waals surface area (Å²) >= 11 is 5.29. The van der Waals surface area contributed by atoms with Crippen molar-refractivity contribution in [1.82, 2.24) is 14.8 Å². The second-order valence-electron chi connectivity index (χ2n) is 5.15. The number of nitrogens with one attached hydrogen (secondary N) is 1. The van der Waals surface area contributed by atoms with Gasteiger partial charge >= 0.3 is 0 Å². The monoisotopic (exact) mass is 240 g/mol. The molecule has 1 aromatic heterocycles. The van der Waals surface area contributed by atoms with E-state index in [1.807, 2.05) is 0 Å². The number of hydrogen-bond donors (Lipinski definition) is 1. The second kappa shape index (κ2) is 3.87. The highest BCUT2D eigenvalue weighted by molar-refractivity contribution is 7.71. The molecule has 0 unspecified atom stereocenters. The van der Waals surface area contributed by atoms with E-state index in [4.69, 9.17) is 12.2 Å². The molecule has 1 aliphatic rings. The van der Waals surface area contributed by atoms with Gasteiger partial charge in [-0.3, -0.25) is 4.57 Å². The zero-order valence-corrected chi connectivity index (χ0v) is 11.3. The summed E-state index contributed by atoms with van der Waals surface area (Å²) in [5.74, 6) is 0.972. The minimum atomic E-state index is 0.105. The summed E-state index contributed by atoms with van der Waals surface area (Å²) in [6.45, 7) is 6.64. The Labute approximate surface area is 102 Å². The van der Waals surface area contributed by atoms with Gasteiger partial charge in [0.25, 0.3) is 0 Å². The van der Waals surface area contributed by atoms with Crippen LogP contribution in [0.1, 0.15) is 46.1 Å². The lowest BCUT2D eigenvalue weighted by Crippen LogP contribution is -2.42. The van der Waals surface area contributed by atoms with Crippen LogP contribution in [0.4, 0.5) is 5.95 Å².